The standard InChI is InChI=1S/C10H16F3N5/c1-3-7-15-8(17-14)6-9(16-7)18(2)5-4-10(11,12)13/h6H,3-5,14H2,1-2H3,(H,15,16,17). The Bertz CT molecular complexity index is 371. The molecule has 0 aliphatic heterocycles. The average Bonchev–Trinajstić information content (AvgIpc) is 2.34. The topological polar surface area (TPSA) is 67.1 Å². The molecule has 0 aromatic carbocycles. The molecule has 0 radical (unpaired) electrons. The molecule has 18 heavy (non-hydrogen) atoms. The van der Waals surface area contributed by atoms with Gasteiger partial charge < -0.3 is 10.3 Å². The number of nitrogens with two attached hydrogens (primary N) is 1. The fraction of sp³-hybridized carbons (Fsp3) is 0.600. The van der Waals surface area contributed by atoms with E-state index in [0.29, 0.717) is 23.9 Å². The summed E-state index contributed by atoms with van der Waals surface area (Å²) in [6.45, 7) is 1.70. The van der Waals surface area contributed by atoms with Crippen LogP contribution >= 0.6 is 0 Å². The fourth-order valence-electron chi connectivity index (χ4n) is 1.32. The summed E-state index contributed by atoms with van der Waals surface area (Å²) in [7, 11) is 1.55. The van der Waals surface area contributed by atoms with Crippen molar-refractivity contribution >= 4 is 11.6 Å². The van der Waals surface area contributed by atoms with Gasteiger partial charge in [0.25, 0.3) is 0 Å². The minimum Gasteiger partial charge on any atom is -0.359 e. The molecule has 0 amide bonds. The van der Waals surface area contributed by atoms with Crippen molar-refractivity contribution in [2.24, 2.45) is 5.84 Å². The lowest BCUT2D eigenvalue weighted by Crippen LogP contribution is -2.25. The summed E-state index contributed by atoms with van der Waals surface area (Å²) in [6, 6.07) is 1.51. The molecular weight excluding hydrogens is 247 g/mol. The first kappa shape index (κ1) is 14.5. The summed E-state index contributed by atoms with van der Waals surface area (Å²) < 4.78 is 36.4. The van der Waals surface area contributed by atoms with E-state index in [0.717, 1.165) is 0 Å². The van der Waals surface area contributed by atoms with Crippen LogP contribution in [-0.4, -0.2) is 29.7 Å². The summed E-state index contributed by atoms with van der Waals surface area (Å²) in [5.74, 6) is 6.57. The van der Waals surface area contributed by atoms with E-state index in [9.17, 15) is 13.2 Å². The molecule has 0 unspecified atom stereocenters. The van der Waals surface area contributed by atoms with Gasteiger partial charge in [-0.1, -0.05) is 6.92 Å². The zero-order valence-electron chi connectivity index (χ0n) is 10.3. The molecule has 0 aliphatic rings. The van der Waals surface area contributed by atoms with Crippen molar-refractivity contribution < 1.29 is 13.2 Å². The van der Waals surface area contributed by atoms with Crippen molar-refractivity contribution in [1.29, 1.82) is 0 Å². The Kier molecular flexibility index (Phi) is 4.71. The Morgan fingerprint density at radius 2 is 2.06 bits per heavy atom. The van der Waals surface area contributed by atoms with Gasteiger partial charge in [0.15, 0.2) is 0 Å². The van der Waals surface area contributed by atoms with Crippen molar-refractivity contribution in [3.8, 4) is 0 Å². The molecule has 1 heterocycles. The molecule has 3 N–H and O–H groups in total. The number of hydrogen-bond acceptors (Lipinski definition) is 5. The van der Waals surface area contributed by atoms with Gasteiger partial charge in [0, 0.05) is 26.1 Å². The summed E-state index contributed by atoms with van der Waals surface area (Å²) >= 11 is 0. The van der Waals surface area contributed by atoms with E-state index in [1.165, 1.54) is 11.0 Å². The smallest absolute Gasteiger partial charge is 0.359 e. The maximum Gasteiger partial charge on any atom is 0.390 e. The van der Waals surface area contributed by atoms with Gasteiger partial charge in [0.05, 0.1) is 6.42 Å². The van der Waals surface area contributed by atoms with Gasteiger partial charge in [0.2, 0.25) is 0 Å². The number of nitrogens with zero attached hydrogens (tertiary/aromatic N) is 3. The Labute approximate surface area is 103 Å². The van der Waals surface area contributed by atoms with Crippen LogP contribution in [0.3, 0.4) is 0 Å². The summed E-state index contributed by atoms with van der Waals surface area (Å²) in [5.41, 5.74) is 2.37. The molecule has 1 aromatic rings. The van der Waals surface area contributed by atoms with Gasteiger partial charge in [-0.3, -0.25) is 0 Å². The highest BCUT2D eigenvalue weighted by molar-refractivity contribution is 5.48. The first-order valence-corrected chi connectivity index (χ1v) is 5.48. The minimum absolute atomic E-state index is 0.159. The fourth-order valence-corrected chi connectivity index (χ4v) is 1.32. The van der Waals surface area contributed by atoms with Crippen LogP contribution < -0.4 is 16.2 Å². The predicted octanol–water partition coefficient (Wildman–Crippen LogP) is 1.71. The van der Waals surface area contributed by atoms with Crippen LogP contribution in [0.15, 0.2) is 6.07 Å². The molecule has 8 heteroatoms. The highest BCUT2D eigenvalue weighted by Gasteiger charge is 2.27. The highest BCUT2D eigenvalue weighted by Crippen LogP contribution is 2.21. The number of hydrogen-bond donors (Lipinski definition) is 2. The predicted molar refractivity (Wildman–Crippen MR) is 63.2 cm³/mol. The Balaban J connectivity index is 2.81. The average molecular weight is 263 g/mol. The van der Waals surface area contributed by atoms with Crippen LogP contribution in [-0.2, 0) is 6.42 Å². The first-order chi connectivity index (χ1) is 8.35. The van der Waals surface area contributed by atoms with Crippen molar-refractivity contribution in [3.05, 3.63) is 11.9 Å². The highest BCUT2D eigenvalue weighted by atomic mass is 19.4. The van der Waals surface area contributed by atoms with E-state index in [2.05, 4.69) is 15.4 Å². The minimum atomic E-state index is -4.18. The molecule has 0 bridgehead atoms. The lowest BCUT2D eigenvalue weighted by atomic mass is 10.3. The molecule has 5 nitrogen and oxygen atoms in total. The van der Waals surface area contributed by atoms with Crippen LogP contribution in [0.25, 0.3) is 0 Å². The number of anilines is 2. The maximum absolute atomic E-state index is 12.1. The van der Waals surface area contributed by atoms with Gasteiger partial charge >= 0.3 is 6.18 Å². The second kappa shape index (κ2) is 5.85. The van der Waals surface area contributed by atoms with Gasteiger partial charge in [-0.2, -0.15) is 13.2 Å². The number of nitrogens with one attached hydrogen (secondary N) is 1. The van der Waals surface area contributed by atoms with Crippen LogP contribution in [0.4, 0.5) is 24.8 Å². The van der Waals surface area contributed by atoms with E-state index in [4.69, 9.17) is 5.84 Å². The quantitative estimate of drug-likeness (QED) is 0.625. The molecule has 1 rings (SSSR count). The molecule has 1 aromatic heterocycles. The van der Waals surface area contributed by atoms with Crippen molar-refractivity contribution in [1.82, 2.24) is 9.97 Å². The lowest BCUT2D eigenvalue weighted by Gasteiger charge is -2.20. The molecule has 0 atom stereocenters. The molecular formula is C10H16F3N5. The number of nitrogen functional groups attached to an aromatic ring is 1. The van der Waals surface area contributed by atoms with Gasteiger partial charge in [-0.15, -0.1) is 0 Å². The second-order valence-corrected chi connectivity index (χ2v) is 3.81. The van der Waals surface area contributed by atoms with Crippen LogP contribution in [0.5, 0.6) is 0 Å². The SMILES string of the molecule is CCc1nc(NN)cc(N(C)CCC(F)(F)F)n1. The normalized spacial score (nSPS) is 11.4. The number of aryl methyl sites for hydroxylation is 1. The van der Waals surface area contributed by atoms with Crippen molar-refractivity contribution in [2.75, 3.05) is 23.9 Å². The number of hydrazine groups is 1. The van der Waals surface area contributed by atoms with E-state index in [-0.39, 0.29) is 6.54 Å². The summed E-state index contributed by atoms with van der Waals surface area (Å²) in [4.78, 5) is 9.64. The Morgan fingerprint density at radius 1 is 1.39 bits per heavy atom. The summed E-state index contributed by atoms with van der Waals surface area (Å²) in [5, 5.41) is 0. The number of halogens is 3. The Morgan fingerprint density at radius 3 is 2.56 bits per heavy atom. The van der Waals surface area contributed by atoms with Crippen LogP contribution in [0.2, 0.25) is 0 Å². The number of aromatic nitrogens is 2. The largest absolute Gasteiger partial charge is 0.390 e. The van der Waals surface area contributed by atoms with E-state index < -0.39 is 12.6 Å². The van der Waals surface area contributed by atoms with Gasteiger partial charge in [0.1, 0.15) is 17.5 Å². The third-order valence-corrected chi connectivity index (χ3v) is 2.34. The zero-order valence-corrected chi connectivity index (χ0v) is 10.3. The number of alkyl halides is 3. The first-order valence-electron chi connectivity index (χ1n) is 5.48. The van der Waals surface area contributed by atoms with Crippen LogP contribution in [0.1, 0.15) is 19.2 Å². The maximum atomic E-state index is 12.1. The molecule has 0 saturated heterocycles. The molecule has 102 valence electrons. The third-order valence-electron chi connectivity index (χ3n) is 2.34. The third kappa shape index (κ3) is 4.36. The van der Waals surface area contributed by atoms with Crippen molar-refractivity contribution in [3.63, 3.8) is 0 Å². The zero-order chi connectivity index (χ0) is 13.8. The van der Waals surface area contributed by atoms with E-state index in [1.807, 2.05) is 6.92 Å². The molecule has 0 aliphatic carbocycles. The summed E-state index contributed by atoms with van der Waals surface area (Å²) in [6.07, 6.45) is -4.49. The van der Waals surface area contributed by atoms with Gasteiger partial charge in [-0.25, -0.2) is 15.8 Å². The van der Waals surface area contributed by atoms with E-state index >= 15 is 0 Å². The second-order valence-electron chi connectivity index (χ2n) is 3.81. The number of rotatable bonds is 5. The molecule has 0 saturated carbocycles. The monoisotopic (exact) mass is 263 g/mol. The molecule has 0 fully saturated rings. The van der Waals surface area contributed by atoms with Gasteiger partial charge in [-0.05, 0) is 0 Å². The Hall–Kier alpha value is -1.57. The van der Waals surface area contributed by atoms with Crippen molar-refractivity contribution in [2.45, 2.75) is 25.9 Å². The molecule has 0 spiro atoms. The lowest BCUT2D eigenvalue weighted by molar-refractivity contribution is -0.132. The van der Waals surface area contributed by atoms with Crippen LogP contribution in [0, 0.1) is 0 Å². The van der Waals surface area contributed by atoms with E-state index in [1.54, 1.807) is 7.05 Å².